The van der Waals surface area contributed by atoms with Crippen LogP contribution >= 0.6 is 0 Å². The Hall–Kier alpha value is -2.29. The van der Waals surface area contributed by atoms with Gasteiger partial charge < -0.3 is 9.47 Å². The molecular weight excluding hydrogens is 312 g/mol. The number of hydrogen-bond donors (Lipinski definition) is 0. The Labute approximate surface area is 151 Å². The number of carbonyl (C=O) groups excluding carboxylic acids is 1. The fourth-order valence-electron chi connectivity index (χ4n) is 2.75. The van der Waals surface area contributed by atoms with Crippen LogP contribution in [0.1, 0.15) is 57.1 Å². The molecule has 134 valence electrons. The summed E-state index contributed by atoms with van der Waals surface area (Å²) in [5.41, 5.74) is 2.09. The zero-order valence-corrected chi connectivity index (χ0v) is 15.3. The molecule has 2 rings (SSSR count). The summed E-state index contributed by atoms with van der Waals surface area (Å²) in [6, 6.07) is 15.3. The molecule has 0 unspecified atom stereocenters. The summed E-state index contributed by atoms with van der Waals surface area (Å²) in [6.07, 6.45) is 6.72. The average molecular weight is 340 g/mol. The van der Waals surface area contributed by atoms with E-state index in [2.05, 4.69) is 13.8 Å². The first-order valence-electron chi connectivity index (χ1n) is 9.30. The molecule has 2 aromatic rings. The predicted molar refractivity (Wildman–Crippen MR) is 101 cm³/mol. The van der Waals surface area contributed by atoms with Gasteiger partial charge in [-0.25, -0.2) is 4.79 Å². The second-order valence-corrected chi connectivity index (χ2v) is 6.23. The molecule has 0 amide bonds. The molecule has 0 spiro atoms. The molecule has 0 radical (unpaired) electrons. The van der Waals surface area contributed by atoms with E-state index in [0.29, 0.717) is 11.5 Å². The molecule has 0 bridgehead atoms. The van der Waals surface area contributed by atoms with Gasteiger partial charge >= 0.3 is 6.16 Å². The van der Waals surface area contributed by atoms with E-state index in [1.54, 1.807) is 0 Å². The number of rotatable bonds is 9. The van der Waals surface area contributed by atoms with Gasteiger partial charge in [0, 0.05) is 0 Å². The number of para-hydroxylation sites is 2. The highest BCUT2D eigenvalue weighted by Gasteiger charge is 2.13. The van der Waals surface area contributed by atoms with Crippen LogP contribution < -0.4 is 9.47 Å². The van der Waals surface area contributed by atoms with Crippen molar-refractivity contribution >= 4 is 6.16 Å². The molecule has 0 aliphatic heterocycles. The molecule has 0 fully saturated rings. The number of carbonyl (C=O) groups is 1. The van der Waals surface area contributed by atoms with Gasteiger partial charge in [-0.1, -0.05) is 69.5 Å². The fourth-order valence-corrected chi connectivity index (χ4v) is 2.75. The van der Waals surface area contributed by atoms with Gasteiger partial charge in [0.25, 0.3) is 0 Å². The zero-order valence-electron chi connectivity index (χ0n) is 15.3. The highest BCUT2D eigenvalue weighted by atomic mass is 16.7. The quantitative estimate of drug-likeness (QED) is 0.303. The fraction of sp³-hybridized carbons (Fsp3) is 0.409. The van der Waals surface area contributed by atoms with E-state index in [0.717, 1.165) is 43.2 Å². The SMILES string of the molecule is CCCCCc1ccccc1OC(=O)Oc1ccccc1CCCC. The molecule has 3 heteroatoms. The van der Waals surface area contributed by atoms with Crippen LogP contribution in [0.2, 0.25) is 0 Å². The van der Waals surface area contributed by atoms with Crippen molar-refractivity contribution in [3.8, 4) is 11.5 Å². The Balaban J connectivity index is 2.01. The van der Waals surface area contributed by atoms with Gasteiger partial charge in [-0.05, 0) is 48.9 Å². The summed E-state index contributed by atoms with van der Waals surface area (Å²) in [4.78, 5) is 12.2. The standard InChI is InChI=1S/C22H28O3/c1-3-5-7-13-19-15-9-11-17-21(19)25-22(23)24-20-16-10-8-14-18(20)12-6-4-2/h8-11,14-17H,3-7,12-13H2,1-2H3. The summed E-state index contributed by atoms with van der Waals surface area (Å²) in [6.45, 7) is 4.32. The van der Waals surface area contributed by atoms with E-state index >= 15 is 0 Å². The Kier molecular flexibility index (Phi) is 8.03. The van der Waals surface area contributed by atoms with Crippen molar-refractivity contribution in [3.63, 3.8) is 0 Å². The number of aryl methyl sites for hydroxylation is 2. The topological polar surface area (TPSA) is 35.5 Å². The summed E-state index contributed by atoms with van der Waals surface area (Å²) >= 11 is 0. The van der Waals surface area contributed by atoms with Crippen LogP contribution in [0.4, 0.5) is 4.79 Å². The van der Waals surface area contributed by atoms with Crippen molar-refractivity contribution in [2.75, 3.05) is 0 Å². The molecule has 0 aromatic heterocycles. The molecule has 0 N–H and O–H groups in total. The van der Waals surface area contributed by atoms with Crippen LogP contribution in [0.5, 0.6) is 11.5 Å². The maximum atomic E-state index is 12.2. The van der Waals surface area contributed by atoms with Crippen molar-refractivity contribution in [2.24, 2.45) is 0 Å². The molecule has 0 saturated carbocycles. The minimum Gasteiger partial charge on any atom is -0.394 e. The van der Waals surface area contributed by atoms with E-state index in [4.69, 9.17) is 9.47 Å². The van der Waals surface area contributed by atoms with Crippen LogP contribution in [-0.2, 0) is 12.8 Å². The molecule has 0 aliphatic rings. The Bertz CT molecular complexity index is 664. The van der Waals surface area contributed by atoms with Crippen LogP contribution in [0.15, 0.2) is 48.5 Å². The minimum absolute atomic E-state index is 0.587. The summed E-state index contributed by atoms with van der Waals surface area (Å²) in [5.74, 6) is 1.18. The molecular formula is C22H28O3. The highest BCUT2D eigenvalue weighted by Crippen LogP contribution is 2.24. The predicted octanol–water partition coefficient (Wildman–Crippen LogP) is 6.34. The second-order valence-electron chi connectivity index (χ2n) is 6.23. The first kappa shape index (κ1) is 19.0. The summed E-state index contributed by atoms with van der Waals surface area (Å²) in [5, 5.41) is 0. The monoisotopic (exact) mass is 340 g/mol. The summed E-state index contributed by atoms with van der Waals surface area (Å²) < 4.78 is 10.9. The zero-order chi connectivity index (χ0) is 17.9. The third-order valence-electron chi connectivity index (χ3n) is 4.18. The third-order valence-corrected chi connectivity index (χ3v) is 4.18. The second kappa shape index (κ2) is 10.5. The largest absolute Gasteiger partial charge is 0.519 e. The third kappa shape index (κ3) is 6.26. The van der Waals surface area contributed by atoms with Crippen molar-refractivity contribution in [2.45, 2.75) is 58.8 Å². The molecule has 25 heavy (non-hydrogen) atoms. The normalized spacial score (nSPS) is 10.5. The van der Waals surface area contributed by atoms with Crippen molar-refractivity contribution < 1.29 is 14.3 Å². The van der Waals surface area contributed by atoms with Crippen LogP contribution in [-0.4, -0.2) is 6.16 Å². The van der Waals surface area contributed by atoms with Crippen molar-refractivity contribution in [1.82, 2.24) is 0 Å². The Morgan fingerprint density at radius 1 is 0.720 bits per heavy atom. The lowest BCUT2D eigenvalue weighted by molar-refractivity contribution is 0.151. The van der Waals surface area contributed by atoms with E-state index in [-0.39, 0.29) is 0 Å². The molecule has 0 saturated heterocycles. The minimum atomic E-state index is -0.674. The average Bonchev–Trinajstić information content (AvgIpc) is 2.62. The molecule has 0 heterocycles. The molecule has 2 aromatic carbocycles. The number of benzene rings is 2. The van der Waals surface area contributed by atoms with E-state index < -0.39 is 6.16 Å². The molecule has 3 nitrogen and oxygen atoms in total. The number of unbranched alkanes of at least 4 members (excludes halogenated alkanes) is 3. The first-order valence-corrected chi connectivity index (χ1v) is 9.30. The van der Waals surface area contributed by atoms with E-state index in [1.165, 1.54) is 12.8 Å². The van der Waals surface area contributed by atoms with Gasteiger partial charge in [-0.2, -0.15) is 0 Å². The van der Waals surface area contributed by atoms with E-state index in [9.17, 15) is 4.79 Å². The van der Waals surface area contributed by atoms with Crippen LogP contribution in [0.25, 0.3) is 0 Å². The van der Waals surface area contributed by atoms with Gasteiger partial charge in [0.1, 0.15) is 11.5 Å². The molecule has 0 aliphatic carbocycles. The Morgan fingerprint density at radius 2 is 1.20 bits per heavy atom. The maximum Gasteiger partial charge on any atom is 0.519 e. The van der Waals surface area contributed by atoms with Crippen LogP contribution in [0.3, 0.4) is 0 Å². The van der Waals surface area contributed by atoms with Crippen LogP contribution in [0, 0.1) is 0 Å². The lowest BCUT2D eigenvalue weighted by Crippen LogP contribution is -2.15. The maximum absolute atomic E-state index is 12.2. The number of ether oxygens (including phenoxy) is 2. The Morgan fingerprint density at radius 3 is 1.72 bits per heavy atom. The van der Waals surface area contributed by atoms with Gasteiger partial charge in [0.2, 0.25) is 0 Å². The van der Waals surface area contributed by atoms with Gasteiger partial charge in [0.05, 0.1) is 0 Å². The lowest BCUT2D eigenvalue weighted by atomic mass is 10.1. The van der Waals surface area contributed by atoms with E-state index in [1.807, 2.05) is 48.5 Å². The lowest BCUT2D eigenvalue weighted by Gasteiger charge is -2.12. The first-order chi connectivity index (χ1) is 12.2. The molecule has 0 atom stereocenters. The smallest absolute Gasteiger partial charge is 0.394 e. The summed E-state index contributed by atoms with van der Waals surface area (Å²) in [7, 11) is 0. The highest BCUT2D eigenvalue weighted by molar-refractivity contribution is 5.68. The van der Waals surface area contributed by atoms with Gasteiger partial charge in [0.15, 0.2) is 0 Å². The van der Waals surface area contributed by atoms with Gasteiger partial charge in [-0.3, -0.25) is 0 Å². The van der Waals surface area contributed by atoms with Crippen molar-refractivity contribution in [3.05, 3.63) is 59.7 Å². The van der Waals surface area contributed by atoms with Gasteiger partial charge in [-0.15, -0.1) is 0 Å². The number of hydrogen-bond acceptors (Lipinski definition) is 3. The van der Waals surface area contributed by atoms with Crippen molar-refractivity contribution in [1.29, 1.82) is 0 Å².